The number of aromatic hydroxyl groups is 2. The van der Waals surface area contributed by atoms with Gasteiger partial charge in [-0.1, -0.05) is 0 Å². The van der Waals surface area contributed by atoms with E-state index >= 15 is 0 Å². The zero-order chi connectivity index (χ0) is 20.9. The largest absolute Gasteiger partial charge is 0.508 e. The van der Waals surface area contributed by atoms with Gasteiger partial charge < -0.3 is 30.6 Å². The molecule has 0 atom stereocenters. The van der Waals surface area contributed by atoms with Crippen molar-refractivity contribution in [2.24, 2.45) is 0 Å². The fourth-order valence-corrected chi connectivity index (χ4v) is 2.05. The number of carboxylic acids is 4. The van der Waals surface area contributed by atoms with Crippen LogP contribution in [0.25, 0.3) is 0 Å². The second-order valence-electron chi connectivity index (χ2n) is 5.08. The van der Waals surface area contributed by atoms with Gasteiger partial charge in [-0.05, 0) is 37.3 Å². The first-order chi connectivity index (χ1) is 12.5. The van der Waals surface area contributed by atoms with Gasteiger partial charge in [0, 0.05) is 5.56 Å². The summed E-state index contributed by atoms with van der Waals surface area (Å²) in [4.78, 5) is 42.4. The molecule has 0 heterocycles. The predicted molar refractivity (Wildman–Crippen MR) is 88.8 cm³/mol. The summed E-state index contributed by atoms with van der Waals surface area (Å²) in [5.41, 5.74) is -1.42. The normalized spacial score (nSPS) is 9.67. The van der Waals surface area contributed by atoms with Gasteiger partial charge >= 0.3 is 23.9 Å². The van der Waals surface area contributed by atoms with Crippen LogP contribution in [-0.2, 0) is 0 Å². The Morgan fingerprint density at radius 1 is 0.667 bits per heavy atom. The van der Waals surface area contributed by atoms with Crippen molar-refractivity contribution in [1.29, 1.82) is 0 Å². The van der Waals surface area contributed by atoms with Crippen LogP contribution >= 0.6 is 0 Å². The molecule has 10 heteroatoms. The van der Waals surface area contributed by atoms with Crippen LogP contribution in [0.1, 0.15) is 47.0 Å². The fraction of sp³-hybridized carbons (Fsp3) is 0.0588. The first kappa shape index (κ1) is 21.0. The molecule has 0 spiro atoms. The lowest BCUT2D eigenvalue weighted by Gasteiger charge is -2.06. The molecule has 0 saturated carbocycles. The van der Waals surface area contributed by atoms with E-state index < -0.39 is 29.4 Å². The summed E-state index contributed by atoms with van der Waals surface area (Å²) in [5, 5.41) is 52.7. The van der Waals surface area contributed by atoms with Crippen molar-refractivity contribution in [3.05, 3.63) is 58.1 Å². The van der Waals surface area contributed by atoms with E-state index in [9.17, 15) is 24.3 Å². The smallest absolute Gasteiger partial charge is 0.336 e. The lowest BCUT2D eigenvalue weighted by atomic mass is 10.0. The molecule has 2 aromatic rings. The first-order valence-electron chi connectivity index (χ1n) is 7.06. The molecule has 142 valence electrons. The monoisotopic (exact) mass is 378 g/mol. The van der Waals surface area contributed by atoms with Crippen molar-refractivity contribution in [3.63, 3.8) is 0 Å². The lowest BCUT2D eigenvalue weighted by molar-refractivity contribution is 0.0650. The zero-order valence-electron chi connectivity index (χ0n) is 13.7. The molecule has 2 rings (SSSR count). The molecule has 10 nitrogen and oxygen atoms in total. The Morgan fingerprint density at radius 2 is 1.15 bits per heavy atom. The molecule has 0 amide bonds. The Labute approximate surface area is 151 Å². The number of aromatic carboxylic acids is 4. The number of benzene rings is 2. The van der Waals surface area contributed by atoms with Gasteiger partial charge in [-0.15, -0.1) is 0 Å². The van der Waals surface area contributed by atoms with E-state index in [1.165, 1.54) is 6.92 Å². The van der Waals surface area contributed by atoms with Crippen molar-refractivity contribution in [2.45, 2.75) is 6.92 Å². The van der Waals surface area contributed by atoms with E-state index in [4.69, 9.17) is 25.5 Å². The number of carbonyl (C=O) groups is 4. The molecule has 0 aliphatic rings. The molecular weight excluding hydrogens is 364 g/mol. The molecular formula is C17H14O10. The molecule has 27 heavy (non-hydrogen) atoms. The molecule has 0 aromatic heterocycles. The summed E-state index contributed by atoms with van der Waals surface area (Å²) < 4.78 is 0. The lowest BCUT2D eigenvalue weighted by Crippen LogP contribution is -2.09. The third-order valence-corrected chi connectivity index (χ3v) is 3.34. The first-order valence-corrected chi connectivity index (χ1v) is 7.06. The minimum atomic E-state index is -1.38. The summed E-state index contributed by atoms with van der Waals surface area (Å²) >= 11 is 0. The molecule has 0 aliphatic heterocycles. The van der Waals surface area contributed by atoms with Crippen LogP contribution in [0.15, 0.2) is 30.3 Å². The van der Waals surface area contributed by atoms with Crippen LogP contribution in [0.4, 0.5) is 0 Å². The van der Waals surface area contributed by atoms with Crippen molar-refractivity contribution < 1.29 is 49.8 Å². The Bertz CT molecular complexity index is 930. The Kier molecular flexibility index (Phi) is 6.47. The van der Waals surface area contributed by atoms with Crippen LogP contribution in [0.5, 0.6) is 11.5 Å². The van der Waals surface area contributed by atoms with Gasteiger partial charge in [0.15, 0.2) is 0 Å². The number of carboxylic acid groups (broad SMARTS) is 4. The van der Waals surface area contributed by atoms with Crippen LogP contribution < -0.4 is 0 Å². The van der Waals surface area contributed by atoms with Gasteiger partial charge in [-0.25, -0.2) is 19.2 Å². The SMILES string of the molecule is Cc1c(O)ccc(C(=O)O)c1C(=O)O.O=C(O)c1ccc(O)cc1C(=O)O. The van der Waals surface area contributed by atoms with Crippen LogP contribution in [-0.4, -0.2) is 54.5 Å². The highest BCUT2D eigenvalue weighted by Gasteiger charge is 2.20. The van der Waals surface area contributed by atoms with E-state index in [1.54, 1.807) is 0 Å². The molecule has 6 N–H and O–H groups in total. The third kappa shape index (κ3) is 4.95. The number of hydrogen-bond donors (Lipinski definition) is 6. The van der Waals surface area contributed by atoms with E-state index in [2.05, 4.69) is 0 Å². The van der Waals surface area contributed by atoms with Crippen LogP contribution in [0.2, 0.25) is 0 Å². The summed E-state index contributed by atoms with van der Waals surface area (Å²) in [5.74, 6) is -5.91. The fourth-order valence-electron chi connectivity index (χ4n) is 2.05. The highest BCUT2D eigenvalue weighted by molar-refractivity contribution is 6.03. The van der Waals surface area contributed by atoms with Crippen LogP contribution in [0, 0.1) is 6.92 Å². The van der Waals surface area contributed by atoms with Crippen molar-refractivity contribution >= 4 is 23.9 Å². The maximum absolute atomic E-state index is 10.7. The predicted octanol–water partition coefficient (Wildman–Crippen LogP) is 1.89. The maximum atomic E-state index is 10.7. The molecule has 0 unspecified atom stereocenters. The number of phenols is 2. The highest BCUT2D eigenvalue weighted by atomic mass is 16.4. The number of phenolic OH excluding ortho intramolecular Hbond substituents is 2. The van der Waals surface area contributed by atoms with Gasteiger partial charge in [-0.2, -0.15) is 0 Å². The minimum Gasteiger partial charge on any atom is -0.508 e. The van der Waals surface area contributed by atoms with Gasteiger partial charge in [0.25, 0.3) is 0 Å². The topological polar surface area (TPSA) is 190 Å². The van der Waals surface area contributed by atoms with Crippen molar-refractivity contribution in [2.75, 3.05) is 0 Å². The Balaban J connectivity index is 0.000000271. The quantitative estimate of drug-likeness (QED) is 0.458. The molecule has 2 aromatic carbocycles. The minimum absolute atomic E-state index is 0.0531. The van der Waals surface area contributed by atoms with Gasteiger partial charge in [0.2, 0.25) is 0 Å². The number of hydrogen-bond acceptors (Lipinski definition) is 6. The summed E-state index contributed by atoms with van der Waals surface area (Å²) in [6, 6.07) is 5.28. The molecule has 0 aliphatic carbocycles. The van der Waals surface area contributed by atoms with Crippen molar-refractivity contribution in [1.82, 2.24) is 0 Å². The maximum Gasteiger partial charge on any atom is 0.336 e. The highest BCUT2D eigenvalue weighted by Crippen LogP contribution is 2.23. The van der Waals surface area contributed by atoms with Gasteiger partial charge in [0.05, 0.1) is 22.3 Å². The summed E-state index contributed by atoms with van der Waals surface area (Å²) in [6.45, 7) is 1.35. The van der Waals surface area contributed by atoms with E-state index in [0.29, 0.717) is 0 Å². The Hall–Kier alpha value is -4.08. The average Bonchev–Trinajstić information content (AvgIpc) is 2.56. The average molecular weight is 378 g/mol. The molecule has 0 bridgehead atoms. The van der Waals surface area contributed by atoms with Gasteiger partial charge in [-0.3, -0.25) is 0 Å². The second kappa shape index (κ2) is 8.34. The van der Waals surface area contributed by atoms with Crippen LogP contribution in [0.3, 0.4) is 0 Å². The van der Waals surface area contributed by atoms with E-state index in [0.717, 1.165) is 30.3 Å². The number of rotatable bonds is 4. The van der Waals surface area contributed by atoms with Gasteiger partial charge in [0.1, 0.15) is 11.5 Å². The summed E-state index contributed by atoms with van der Waals surface area (Å²) in [6.07, 6.45) is 0. The van der Waals surface area contributed by atoms with Crippen molar-refractivity contribution in [3.8, 4) is 11.5 Å². The van der Waals surface area contributed by atoms with E-state index in [1.807, 2.05) is 0 Å². The van der Waals surface area contributed by atoms with E-state index in [-0.39, 0.29) is 33.8 Å². The molecule has 0 radical (unpaired) electrons. The summed E-state index contributed by atoms with van der Waals surface area (Å²) in [7, 11) is 0. The molecule has 0 saturated heterocycles. The second-order valence-corrected chi connectivity index (χ2v) is 5.08. The third-order valence-electron chi connectivity index (χ3n) is 3.34. The molecule has 0 fully saturated rings. The Morgan fingerprint density at radius 3 is 1.59 bits per heavy atom. The standard InChI is InChI=1S/C9H8O5.C8H6O5/c1-4-6(10)3-2-5(8(11)12)7(4)9(13)14;9-4-1-2-5(7(10)11)6(3-4)8(12)13/h2-3,10H,1H3,(H,11,12)(H,13,14);1-3,9H,(H,10,11)(H,12,13). The zero-order valence-corrected chi connectivity index (χ0v) is 13.7.